The minimum Gasteiger partial charge on any atom is -0.491 e. The van der Waals surface area contributed by atoms with E-state index in [1.807, 2.05) is 18.2 Å². The molecule has 0 aliphatic rings. The molecule has 0 saturated carbocycles. The van der Waals surface area contributed by atoms with Gasteiger partial charge in [0, 0.05) is 0 Å². The minimum atomic E-state index is -0.00956. The summed E-state index contributed by atoms with van der Waals surface area (Å²) in [5.74, 6) is 1.31. The summed E-state index contributed by atoms with van der Waals surface area (Å²) in [5.41, 5.74) is 2.13. The Kier molecular flexibility index (Phi) is 8.00. The number of aryl methyl sites for hydroxylation is 1. The smallest absolute Gasteiger partial charge is 0.168 e. The lowest BCUT2D eigenvalue weighted by molar-refractivity contribution is 0.200. The van der Waals surface area contributed by atoms with Crippen LogP contribution >= 0.6 is 12.0 Å². The van der Waals surface area contributed by atoms with Crippen molar-refractivity contribution in [1.82, 2.24) is 0 Å². The number of aliphatic hydroxyl groups excluding tert-OH is 1. The van der Waals surface area contributed by atoms with Gasteiger partial charge in [0.05, 0.1) is 24.4 Å². The van der Waals surface area contributed by atoms with E-state index in [4.69, 9.17) is 9.84 Å². The quantitative estimate of drug-likeness (QED) is 0.309. The Bertz CT molecular complexity index is 387. The van der Waals surface area contributed by atoms with Crippen LogP contribution in [0.5, 0.6) is 5.75 Å². The van der Waals surface area contributed by atoms with Crippen molar-refractivity contribution in [3.63, 3.8) is 0 Å². The Morgan fingerprint density at radius 2 is 2.26 bits per heavy atom. The molecule has 0 saturated heterocycles. The molecule has 0 heterocycles. The predicted molar refractivity (Wildman–Crippen MR) is 75.8 cm³/mol. The van der Waals surface area contributed by atoms with Gasteiger partial charge in [0.25, 0.3) is 0 Å². The summed E-state index contributed by atoms with van der Waals surface area (Å²) in [6.45, 7) is 2.41. The maximum Gasteiger partial charge on any atom is 0.168 e. The lowest BCUT2D eigenvalue weighted by Crippen LogP contribution is -2.04. The summed E-state index contributed by atoms with van der Waals surface area (Å²) in [6.07, 6.45) is 3.18. The molecule has 1 N–H and O–H groups in total. The molecule has 5 nitrogen and oxygen atoms in total. The van der Waals surface area contributed by atoms with Gasteiger partial charge in [0.15, 0.2) is 5.34 Å². The zero-order valence-electron chi connectivity index (χ0n) is 11.0. The highest BCUT2D eigenvalue weighted by Gasteiger charge is 2.06. The van der Waals surface area contributed by atoms with E-state index in [0.717, 1.165) is 48.2 Å². The van der Waals surface area contributed by atoms with E-state index < -0.39 is 0 Å². The number of nitrogens with zero attached hydrogens (tertiary/aromatic N) is 1. The molecule has 0 fully saturated rings. The summed E-state index contributed by atoms with van der Waals surface area (Å²) in [5, 5.41) is 11.2. The largest absolute Gasteiger partial charge is 0.491 e. The monoisotopic (exact) mass is 285 g/mol. The van der Waals surface area contributed by atoms with Crippen molar-refractivity contribution in [2.24, 2.45) is 5.34 Å². The number of ether oxygens (including phenoxy) is 1. The van der Waals surface area contributed by atoms with Gasteiger partial charge in [0.2, 0.25) is 0 Å². The number of benzene rings is 1. The maximum absolute atomic E-state index is 9.83. The van der Waals surface area contributed by atoms with E-state index in [1.54, 1.807) is 0 Å². The second-order valence-corrected chi connectivity index (χ2v) is 4.70. The Balaban J connectivity index is 2.71. The molecule has 0 spiro atoms. The van der Waals surface area contributed by atoms with Gasteiger partial charge >= 0.3 is 0 Å². The number of hydrogen-bond donors (Lipinski definition) is 1. The van der Waals surface area contributed by atoms with Gasteiger partial charge in [-0.25, -0.2) is 0 Å². The zero-order valence-corrected chi connectivity index (χ0v) is 11.8. The highest BCUT2D eigenvalue weighted by molar-refractivity contribution is 7.93. The van der Waals surface area contributed by atoms with Gasteiger partial charge in [-0.2, -0.15) is 0 Å². The summed E-state index contributed by atoms with van der Waals surface area (Å²) in [7, 11) is 0. The van der Waals surface area contributed by atoms with Crippen molar-refractivity contribution in [2.75, 3.05) is 13.2 Å². The maximum atomic E-state index is 9.83. The summed E-state index contributed by atoms with van der Waals surface area (Å²) < 4.78 is 9.90. The fraction of sp³-hybridized carbons (Fsp3) is 0.538. The molecule has 6 heteroatoms. The fourth-order valence-electron chi connectivity index (χ4n) is 1.67. The molecule has 0 aliphatic heterocycles. The molecule has 106 valence electrons. The molecule has 0 atom stereocenters. The molecule has 1 rings (SSSR count). The van der Waals surface area contributed by atoms with Crippen LogP contribution in [-0.2, 0) is 16.5 Å². The third kappa shape index (κ3) is 5.94. The van der Waals surface area contributed by atoms with Crippen LogP contribution in [0.4, 0.5) is 0 Å². The first kappa shape index (κ1) is 15.8. The SMILES string of the molecule is CCCCc1ccc(CSON=O)cc1OCCO. The lowest BCUT2D eigenvalue weighted by atomic mass is 10.1. The van der Waals surface area contributed by atoms with E-state index in [2.05, 4.69) is 16.5 Å². The van der Waals surface area contributed by atoms with Gasteiger partial charge < -0.3 is 9.84 Å². The molecule has 0 bridgehead atoms. The fourth-order valence-corrected chi connectivity index (χ4v) is 2.08. The highest BCUT2D eigenvalue weighted by Crippen LogP contribution is 2.25. The third-order valence-corrected chi connectivity index (χ3v) is 3.21. The molecule has 0 aromatic heterocycles. The molecule has 0 amide bonds. The van der Waals surface area contributed by atoms with Crippen LogP contribution in [0.3, 0.4) is 0 Å². The van der Waals surface area contributed by atoms with Gasteiger partial charge in [-0.1, -0.05) is 25.5 Å². The number of unbranched alkanes of at least 4 members (excludes halogenated alkanes) is 1. The molecular formula is C13H19NO4S. The Labute approximate surface area is 117 Å². The molecule has 0 unspecified atom stereocenters. The average molecular weight is 285 g/mol. The van der Waals surface area contributed by atoms with E-state index in [-0.39, 0.29) is 13.2 Å². The molecule has 19 heavy (non-hydrogen) atoms. The summed E-state index contributed by atoms with van der Waals surface area (Å²) >= 11 is 0.979. The van der Waals surface area contributed by atoms with Crippen molar-refractivity contribution < 1.29 is 14.1 Å². The normalized spacial score (nSPS) is 10.2. The molecule has 1 aromatic carbocycles. The molecular weight excluding hydrogens is 266 g/mol. The van der Waals surface area contributed by atoms with Crippen molar-refractivity contribution in [2.45, 2.75) is 31.9 Å². The Hall–Kier alpha value is -1.27. The topological polar surface area (TPSA) is 68.1 Å². The number of hydrogen-bond acceptors (Lipinski definition) is 6. The number of rotatable bonds is 10. The van der Waals surface area contributed by atoms with Crippen LogP contribution < -0.4 is 4.74 Å². The van der Waals surface area contributed by atoms with Gasteiger partial charge in [-0.15, -0.1) is 4.91 Å². The van der Waals surface area contributed by atoms with Crippen molar-refractivity contribution in [3.8, 4) is 5.75 Å². The lowest BCUT2D eigenvalue weighted by Gasteiger charge is -2.12. The van der Waals surface area contributed by atoms with E-state index in [0.29, 0.717) is 5.75 Å². The summed E-state index contributed by atoms with van der Waals surface area (Å²) in [6, 6.07) is 5.92. The van der Waals surface area contributed by atoms with Crippen LogP contribution in [0.15, 0.2) is 23.5 Å². The first-order valence-electron chi connectivity index (χ1n) is 6.28. The van der Waals surface area contributed by atoms with E-state index >= 15 is 0 Å². The van der Waals surface area contributed by atoms with Crippen LogP contribution in [0, 0.1) is 4.91 Å². The van der Waals surface area contributed by atoms with Gasteiger partial charge in [0.1, 0.15) is 12.4 Å². The summed E-state index contributed by atoms with van der Waals surface area (Å²) in [4.78, 5) is 9.83. The molecule has 0 radical (unpaired) electrons. The second-order valence-electron chi connectivity index (χ2n) is 4.03. The standard InChI is InChI=1S/C13H19NO4S/c1-2-3-4-12-6-5-11(10-19-18-14-16)9-13(12)17-8-7-15/h5-6,9,15H,2-4,7-8,10H2,1H3. The predicted octanol–water partition coefficient (Wildman–Crippen LogP) is 3.25. The van der Waals surface area contributed by atoms with Crippen molar-refractivity contribution in [1.29, 1.82) is 0 Å². The van der Waals surface area contributed by atoms with Crippen LogP contribution in [0.25, 0.3) is 0 Å². The Morgan fingerprint density at radius 3 is 2.95 bits per heavy atom. The third-order valence-electron chi connectivity index (χ3n) is 2.59. The molecule has 0 aliphatic carbocycles. The zero-order chi connectivity index (χ0) is 13.9. The van der Waals surface area contributed by atoms with E-state index in [1.165, 1.54) is 0 Å². The number of aliphatic hydroxyl groups is 1. The van der Waals surface area contributed by atoms with Crippen molar-refractivity contribution in [3.05, 3.63) is 34.2 Å². The second kappa shape index (κ2) is 9.63. The first-order valence-corrected chi connectivity index (χ1v) is 7.19. The van der Waals surface area contributed by atoms with Crippen LogP contribution in [0.1, 0.15) is 30.9 Å². The van der Waals surface area contributed by atoms with E-state index in [9.17, 15) is 4.91 Å². The van der Waals surface area contributed by atoms with Crippen molar-refractivity contribution >= 4 is 12.0 Å². The van der Waals surface area contributed by atoms with Gasteiger partial charge in [-0.05, 0) is 30.0 Å². The van der Waals surface area contributed by atoms with Gasteiger partial charge in [-0.3, -0.25) is 4.28 Å². The molecule has 1 aromatic rings. The first-order chi connectivity index (χ1) is 9.31. The minimum absolute atomic E-state index is 0.00956. The van der Waals surface area contributed by atoms with Crippen LogP contribution in [0.2, 0.25) is 0 Å². The average Bonchev–Trinajstić information content (AvgIpc) is 2.44. The highest BCUT2D eigenvalue weighted by atomic mass is 32.2. The Morgan fingerprint density at radius 1 is 1.42 bits per heavy atom. The van der Waals surface area contributed by atoms with Crippen LogP contribution in [-0.4, -0.2) is 18.3 Å².